The largest absolute Gasteiger partial charge is 0.478 e. The number of aromatic nitrogens is 2. The van der Waals surface area contributed by atoms with Crippen LogP contribution in [0, 0.1) is 0 Å². The highest BCUT2D eigenvalue weighted by Gasteiger charge is 2.32. The Bertz CT molecular complexity index is 850. The lowest BCUT2D eigenvalue weighted by Gasteiger charge is -2.24. The first-order valence-corrected chi connectivity index (χ1v) is 8.91. The Labute approximate surface area is 152 Å². The molecular weight excluding hydrogens is 334 g/mol. The molecule has 0 radical (unpaired) electrons. The molecule has 0 spiro atoms. The van der Waals surface area contributed by atoms with E-state index in [-0.39, 0.29) is 17.6 Å². The van der Waals surface area contributed by atoms with Gasteiger partial charge in [0, 0.05) is 37.1 Å². The second-order valence-corrected chi connectivity index (χ2v) is 7.67. The van der Waals surface area contributed by atoms with E-state index in [0.29, 0.717) is 25.2 Å². The van der Waals surface area contributed by atoms with Gasteiger partial charge in [0.05, 0.1) is 5.56 Å². The third-order valence-electron chi connectivity index (χ3n) is 4.59. The number of carbonyl (C=O) groups excluding carboxylic acids is 1. The SMILES string of the molecule is CCn1cc2c(C3CCN(C(=O)OC(C)(C)C)C3)ccc(C(=O)O)c2n1. The predicted molar refractivity (Wildman–Crippen MR) is 97.5 cm³/mol. The highest BCUT2D eigenvalue weighted by atomic mass is 16.6. The highest BCUT2D eigenvalue weighted by Crippen LogP contribution is 2.34. The molecule has 1 aromatic carbocycles. The van der Waals surface area contributed by atoms with Crippen molar-refractivity contribution in [2.24, 2.45) is 0 Å². The average Bonchev–Trinajstić information content (AvgIpc) is 3.19. The van der Waals surface area contributed by atoms with E-state index in [1.807, 2.05) is 40.0 Å². The quantitative estimate of drug-likeness (QED) is 0.907. The summed E-state index contributed by atoms with van der Waals surface area (Å²) in [5, 5.41) is 14.7. The Kier molecular flexibility index (Phi) is 4.64. The number of rotatable bonds is 3. The fourth-order valence-corrected chi connectivity index (χ4v) is 3.37. The molecule has 1 aliphatic heterocycles. The maximum absolute atomic E-state index is 12.3. The van der Waals surface area contributed by atoms with Gasteiger partial charge in [0.1, 0.15) is 11.1 Å². The van der Waals surface area contributed by atoms with Gasteiger partial charge in [0.2, 0.25) is 0 Å². The number of carboxylic acid groups (broad SMARTS) is 1. The van der Waals surface area contributed by atoms with E-state index in [1.165, 1.54) is 0 Å². The van der Waals surface area contributed by atoms with Crippen LogP contribution in [-0.2, 0) is 11.3 Å². The van der Waals surface area contributed by atoms with Gasteiger partial charge in [-0.15, -0.1) is 0 Å². The minimum Gasteiger partial charge on any atom is -0.478 e. The van der Waals surface area contributed by atoms with E-state index in [4.69, 9.17) is 4.74 Å². The van der Waals surface area contributed by atoms with Gasteiger partial charge in [-0.3, -0.25) is 4.68 Å². The predicted octanol–water partition coefficient (Wildman–Crippen LogP) is 3.48. The Morgan fingerprint density at radius 1 is 1.35 bits per heavy atom. The smallest absolute Gasteiger partial charge is 0.410 e. The summed E-state index contributed by atoms with van der Waals surface area (Å²) in [6, 6.07) is 3.47. The summed E-state index contributed by atoms with van der Waals surface area (Å²) in [6.07, 6.45) is 2.41. The lowest BCUT2D eigenvalue weighted by atomic mass is 9.93. The van der Waals surface area contributed by atoms with Crippen molar-refractivity contribution < 1.29 is 19.4 Å². The molecule has 3 rings (SSSR count). The summed E-state index contributed by atoms with van der Waals surface area (Å²) in [7, 11) is 0. The molecule has 140 valence electrons. The van der Waals surface area contributed by atoms with Gasteiger partial charge < -0.3 is 14.7 Å². The van der Waals surface area contributed by atoms with E-state index in [1.54, 1.807) is 15.6 Å². The van der Waals surface area contributed by atoms with Crippen LogP contribution < -0.4 is 0 Å². The summed E-state index contributed by atoms with van der Waals surface area (Å²) < 4.78 is 7.21. The molecule has 7 heteroatoms. The molecule has 26 heavy (non-hydrogen) atoms. The third-order valence-corrected chi connectivity index (χ3v) is 4.59. The highest BCUT2D eigenvalue weighted by molar-refractivity contribution is 6.02. The molecule has 1 N–H and O–H groups in total. The number of carbonyl (C=O) groups is 2. The molecule has 2 aromatic rings. The van der Waals surface area contributed by atoms with Gasteiger partial charge >= 0.3 is 12.1 Å². The zero-order valence-electron chi connectivity index (χ0n) is 15.7. The molecule has 1 fully saturated rings. The molecule has 1 amide bonds. The first kappa shape index (κ1) is 18.2. The number of aryl methyl sites for hydroxylation is 1. The van der Waals surface area contributed by atoms with Crippen LogP contribution in [0.5, 0.6) is 0 Å². The molecular formula is C19H25N3O4. The Hall–Kier alpha value is -2.57. The number of aromatic carboxylic acids is 1. The van der Waals surface area contributed by atoms with Crippen LogP contribution in [0.25, 0.3) is 10.9 Å². The number of hydrogen-bond donors (Lipinski definition) is 1. The summed E-state index contributed by atoms with van der Waals surface area (Å²) in [5.74, 6) is -0.841. The fourth-order valence-electron chi connectivity index (χ4n) is 3.37. The van der Waals surface area contributed by atoms with E-state index in [0.717, 1.165) is 17.4 Å². The van der Waals surface area contributed by atoms with Crippen LogP contribution in [-0.4, -0.2) is 50.5 Å². The van der Waals surface area contributed by atoms with Gasteiger partial charge in [0.15, 0.2) is 0 Å². The maximum Gasteiger partial charge on any atom is 0.410 e. The Balaban J connectivity index is 1.90. The van der Waals surface area contributed by atoms with E-state index < -0.39 is 11.6 Å². The first-order valence-electron chi connectivity index (χ1n) is 8.91. The van der Waals surface area contributed by atoms with Crippen molar-refractivity contribution in [3.05, 3.63) is 29.5 Å². The monoisotopic (exact) mass is 359 g/mol. The molecule has 1 aliphatic rings. The van der Waals surface area contributed by atoms with Crippen molar-refractivity contribution in [2.75, 3.05) is 13.1 Å². The lowest BCUT2D eigenvalue weighted by molar-refractivity contribution is 0.0292. The van der Waals surface area contributed by atoms with Crippen molar-refractivity contribution in [1.29, 1.82) is 0 Å². The lowest BCUT2D eigenvalue weighted by Crippen LogP contribution is -2.35. The molecule has 7 nitrogen and oxygen atoms in total. The van der Waals surface area contributed by atoms with Crippen LogP contribution in [0.4, 0.5) is 4.79 Å². The Morgan fingerprint density at radius 3 is 2.69 bits per heavy atom. The second-order valence-electron chi connectivity index (χ2n) is 7.67. The molecule has 1 unspecified atom stereocenters. The standard InChI is InChI=1S/C19H25N3O4/c1-5-22-11-15-13(6-7-14(17(23)24)16(15)20-22)12-8-9-21(10-12)18(25)26-19(2,3)4/h6-7,11-12H,5,8-10H2,1-4H3,(H,23,24). The average molecular weight is 359 g/mol. The number of hydrogen-bond acceptors (Lipinski definition) is 4. The van der Waals surface area contributed by atoms with E-state index >= 15 is 0 Å². The van der Waals surface area contributed by atoms with E-state index in [9.17, 15) is 14.7 Å². The van der Waals surface area contributed by atoms with Crippen LogP contribution in [0.1, 0.15) is 56.0 Å². The summed E-state index contributed by atoms with van der Waals surface area (Å²) in [4.78, 5) is 25.5. The van der Waals surface area contributed by atoms with Crippen molar-refractivity contribution >= 4 is 23.0 Å². The van der Waals surface area contributed by atoms with Crippen LogP contribution in [0.2, 0.25) is 0 Å². The fraction of sp³-hybridized carbons (Fsp3) is 0.526. The second kappa shape index (κ2) is 6.63. The first-order chi connectivity index (χ1) is 12.2. The number of benzene rings is 1. The number of fused-ring (bicyclic) bond motifs is 1. The van der Waals surface area contributed by atoms with Crippen LogP contribution in [0.3, 0.4) is 0 Å². The maximum atomic E-state index is 12.3. The minimum atomic E-state index is -0.982. The Morgan fingerprint density at radius 2 is 2.08 bits per heavy atom. The van der Waals surface area contributed by atoms with Gasteiger partial charge in [0.25, 0.3) is 0 Å². The van der Waals surface area contributed by atoms with Gasteiger partial charge in [-0.2, -0.15) is 5.10 Å². The summed E-state index contributed by atoms with van der Waals surface area (Å²) in [6.45, 7) is 9.38. The summed E-state index contributed by atoms with van der Waals surface area (Å²) in [5.41, 5.74) is 1.23. The van der Waals surface area contributed by atoms with Crippen molar-refractivity contribution in [3.63, 3.8) is 0 Å². The van der Waals surface area contributed by atoms with Crippen molar-refractivity contribution in [3.8, 4) is 0 Å². The zero-order chi connectivity index (χ0) is 19.1. The molecule has 1 saturated heterocycles. The molecule has 0 saturated carbocycles. The normalized spacial score (nSPS) is 17.7. The van der Waals surface area contributed by atoms with Gasteiger partial charge in [-0.25, -0.2) is 9.59 Å². The number of ether oxygens (including phenoxy) is 1. The van der Waals surface area contributed by atoms with E-state index in [2.05, 4.69) is 5.10 Å². The van der Waals surface area contributed by atoms with Crippen molar-refractivity contribution in [2.45, 2.75) is 52.2 Å². The summed E-state index contributed by atoms with van der Waals surface area (Å²) >= 11 is 0. The molecule has 1 aromatic heterocycles. The minimum absolute atomic E-state index is 0.141. The number of carboxylic acids is 1. The number of amides is 1. The molecule has 0 aliphatic carbocycles. The molecule has 2 heterocycles. The van der Waals surface area contributed by atoms with Crippen molar-refractivity contribution in [1.82, 2.24) is 14.7 Å². The van der Waals surface area contributed by atoms with Crippen LogP contribution in [0.15, 0.2) is 18.3 Å². The number of nitrogens with zero attached hydrogens (tertiary/aromatic N) is 3. The van der Waals surface area contributed by atoms with Crippen LogP contribution >= 0.6 is 0 Å². The number of likely N-dealkylation sites (tertiary alicyclic amines) is 1. The zero-order valence-corrected chi connectivity index (χ0v) is 15.7. The van der Waals surface area contributed by atoms with Gasteiger partial charge in [-0.05, 0) is 45.7 Å². The molecule has 1 atom stereocenters. The third kappa shape index (κ3) is 3.52. The topological polar surface area (TPSA) is 84.7 Å². The molecule has 0 bridgehead atoms. The van der Waals surface area contributed by atoms with Gasteiger partial charge in [-0.1, -0.05) is 6.07 Å².